The Morgan fingerprint density at radius 3 is 2.48 bits per heavy atom. The number of aryl methyl sites for hydroxylation is 2. The molecule has 0 aliphatic rings. The molecule has 27 heavy (non-hydrogen) atoms. The lowest BCUT2D eigenvalue weighted by atomic mass is 10.1. The van der Waals surface area contributed by atoms with Gasteiger partial charge in [0.1, 0.15) is 5.82 Å². The van der Waals surface area contributed by atoms with Crippen molar-refractivity contribution in [3.8, 4) is 0 Å². The second-order valence-electron chi connectivity index (χ2n) is 6.37. The minimum Gasteiger partial charge on any atom is -0.384 e. The van der Waals surface area contributed by atoms with Crippen LogP contribution in [0.5, 0.6) is 0 Å². The summed E-state index contributed by atoms with van der Waals surface area (Å²) in [5.74, 6) is 0.298. The summed E-state index contributed by atoms with van der Waals surface area (Å²) in [6.45, 7) is 2.68. The van der Waals surface area contributed by atoms with Gasteiger partial charge in [-0.2, -0.15) is 0 Å². The third kappa shape index (κ3) is 5.56. The zero-order valence-corrected chi connectivity index (χ0v) is 16.0. The number of aromatic nitrogens is 1. The largest absolute Gasteiger partial charge is 0.384 e. The van der Waals surface area contributed by atoms with E-state index in [9.17, 15) is 8.42 Å². The summed E-state index contributed by atoms with van der Waals surface area (Å²) >= 11 is 0. The molecule has 140 valence electrons. The predicted octanol–water partition coefficient (Wildman–Crippen LogP) is 4.24. The van der Waals surface area contributed by atoms with Gasteiger partial charge in [-0.1, -0.05) is 42.5 Å². The highest BCUT2D eigenvalue weighted by molar-refractivity contribution is 7.92. The molecule has 1 aromatic heterocycles. The maximum absolute atomic E-state index is 12.4. The molecule has 0 spiro atoms. The first-order valence-corrected chi connectivity index (χ1v) is 10.3. The van der Waals surface area contributed by atoms with E-state index in [4.69, 9.17) is 0 Å². The number of nitrogens with one attached hydrogen (secondary N) is 2. The van der Waals surface area contributed by atoms with E-state index >= 15 is 0 Å². The predicted molar refractivity (Wildman–Crippen MR) is 109 cm³/mol. The summed E-state index contributed by atoms with van der Waals surface area (Å²) in [7, 11) is -3.63. The smallest absolute Gasteiger partial charge is 0.263 e. The Kier molecular flexibility index (Phi) is 6.08. The van der Waals surface area contributed by atoms with E-state index in [1.165, 1.54) is 5.56 Å². The van der Waals surface area contributed by atoms with Crippen LogP contribution >= 0.6 is 0 Å². The minimum absolute atomic E-state index is 0.229. The first kappa shape index (κ1) is 18.9. The highest BCUT2D eigenvalue weighted by Gasteiger charge is 2.14. The van der Waals surface area contributed by atoms with Crippen LogP contribution < -0.4 is 10.0 Å². The Morgan fingerprint density at radius 1 is 0.963 bits per heavy atom. The van der Waals surface area contributed by atoms with Crippen LogP contribution in [0.2, 0.25) is 0 Å². The fourth-order valence-electron chi connectivity index (χ4n) is 2.71. The molecule has 3 rings (SSSR count). The van der Waals surface area contributed by atoms with Gasteiger partial charge in [-0.25, -0.2) is 13.4 Å². The molecule has 0 atom stereocenters. The average molecular weight is 382 g/mol. The second-order valence-corrected chi connectivity index (χ2v) is 8.05. The Balaban J connectivity index is 1.52. The third-order valence-corrected chi connectivity index (χ3v) is 5.47. The number of pyridine rings is 1. The summed E-state index contributed by atoms with van der Waals surface area (Å²) < 4.78 is 27.3. The van der Waals surface area contributed by atoms with Gasteiger partial charge in [0, 0.05) is 6.54 Å². The molecule has 0 amide bonds. The standard InChI is InChI=1S/C21H23N3O2S/c1-17-7-5-11-20(15-17)27(25,26)24-21-13-12-19(16-23-21)22-14-6-10-18-8-3-2-4-9-18/h2-5,7-9,11-13,15-16,22H,6,10,14H2,1H3,(H,23,24). The van der Waals surface area contributed by atoms with Crippen LogP contribution in [0.15, 0.2) is 77.8 Å². The SMILES string of the molecule is Cc1cccc(S(=O)(=O)Nc2ccc(NCCCc3ccccc3)cn2)c1. The third-order valence-electron chi connectivity index (χ3n) is 4.12. The molecule has 2 N–H and O–H groups in total. The van der Waals surface area contributed by atoms with E-state index in [1.54, 1.807) is 30.5 Å². The van der Waals surface area contributed by atoms with Crippen LogP contribution in [-0.2, 0) is 16.4 Å². The summed E-state index contributed by atoms with van der Waals surface area (Å²) in [6, 6.07) is 20.6. The van der Waals surface area contributed by atoms with Crippen molar-refractivity contribution in [2.45, 2.75) is 24.7 Å². The van der Waals surface area contributed by atoms with E-state index in [1.807, 2.05) is 37.3 Å². The maximum Gasteiger partial charge on any atom is 0.263 e. The lowest BCUT2D eigenvalue weighted by Crippen LogP contribution is -2.14. The molecule has 0 saturated carbocycles. The number of hydrogen-bond acceptors (Lipinski definition) is 4. The van der Waals surface area contributed by atoms with Gasteiger partial charge in [-0.3, -0.25) is 4.72 Å². The Labute approximate surface area is 160 Å². The molecule has 0 bridgehead atoms. The minimum atomic E-state index is -3.63. The van der Waals surface area contributed by atoms with Crippen LogP contribution in [0.3, 0.4) is 0 Å². The summed E-state index contributed by atoms with van der Waals surface area (Å²) in [6.07, 6.45) is 3.65. The highest BCUT2D eigenvalue weighted by atomic mass is 32.2. The molecule has 2 aromatic carbocycles. The van der Waals surface area contributed by atoms with Crippen LogP contribution in [-0.4, -0.2) is 19.9 Å². The van der Waals surface area contributed by atoms with Crippen LogP contribution in [0.4, 0.5) is 11.5 Å². The first-order valence-electron chi connectivity index (χ1n) is 8.86. The Morgan fingerprint density at radius 2 is 1.78 bits per heavy atom. The van der Waals surface area contributed by atoms with Gasteiger partial charge in [-0.05, 0) is 55.2 Å². The van der Waals surface area contributed by atoms with Crippen molar-refractivity contribution in [3.05, 3.63) is 84.1 Å². The monoisotopic (exact) mass is 381 g/mol. The second kappa shape index (κ2) is 8.68. The summed E-state index contributed by atoms with van der Waals surface area (Å²) in [5.41, 5.74) is 3.07. The van der Waals surface area contributed by atoms with E-state index < -0.39 is 10.0 Å². The molecule has 0 aliphatic carbocycles. The molecule has 5 nitrogen and oxygen atoms in total. The van der Waals surface area contributed by atoms with Crippen molar-refractivity contribution in [2.75, 3.05) is 16.6 Å². The van der Waals surface area contributed by atoms with Crippen LogP contribution in [0, 0.1) is 6.92 Å². The molecule has 6 heteroatoms. The number of nitrogens with zero attached hydrogens (tertiary/aromatic N) is 1. The van der Waals surface area contributed by atoms with E-state index in [2.05, 4.69) is 27.2 Å². The van der Waals surface area contributed by atoms with Gasteiger partial charge < -0.3 is 5.32 Å². The lowest BCUT2D eigenvalue weighted by molar-refractivity contribution is 0.601. The van der Waals surface area contributed by atoms with E-state index in [0.717, 1.165) is 30.6 Å². The van der Waals surface area contributed by atoms with E-state index in [0.29, 0.717) is 5.82 Å². The van der Waals surface area contributed by atoms with Gasteiger partial charge in [0.05, 0.1) is 16.8 Å². The molecule has 3 aromatic rings. The van der Waals surface area contributed by atoms with Crippen molar-refractivity contribution in [1.29, 1.82) is 0 Å². The Hall–Kier alpha value is -2.86. The fourth-order valence-corrected chi connectivity index (χ4v) is 3.82. The normalized spacial score (nSPS) is 11.1. The molecule has 0 aliphatic heterocycles. The van der Waals surface area contributed by atoms with Gasteiger partial charge in [0.15, 0.2) is 0 Å². The summed E-state index contributed by atoms with van der Waals surface area (Å²) in [4.78, 5) is 4.43. The zero-order valence-electron chi connectivity index (χ0n) is 15.2. The fraction of sp³-hybridized carbons (Fsp3) is 0.190. The molecule has 0 radical (unpaired) electrons. The molecular weight excluding hydrogens is 358 g/mol. The quantitative estimate of drug-likeness (QED) is 0.573. The number of anilines is 2. The summed E-state index contributed by atoms with van der Waals surface area (Å²) in [5, 5.41) is 3.30. The number of benzene rings is 2. The molecule has 0 unspecified atom stereocenters. The van der Waals surface area contributed by atoms with Crippen LogP contribution in [0.25, 0.3) is 0 Å². The molecule has 0 saturated heterocycles. The highest BCUT2D eigenvalue weighted by Crippen LogP contribution is 2.17. The van der Waals surface area contributed by atoms with Crippen molar-refractivity contribution >= 4 is 21.5 Å². The molecular formula is C21H23N3O2S. The van der Waals surface area contributed by atoms with Crippen molar-refractivity contribution in [3.63, 3.8) is 0 Å². The topological polar surface area (TPSA) is 71.1 Å². The lowest BCUT2D eigenvalue weighted by Gasteiger charge is -2.10. The Bertz CT molecular complexity index is 972. The number of sulfonamides is 1. The van der Waals surface area contributed by atoms with Gasteiger partial charge >= 0.3 is 0 Å². The van der Waals surface area contributed by atoms with Gasteiger partial charge in [0.25, 0.3) is 10.0 Å². The molecule has 0 fully saturated rings. The van der Waals surface area contributed by atoms with Crippen LogP contribution in [0.1, 0.15) is 17.5 Å². The average Bonchev–Trinajstić information content (AvgIpc) is 2.67. The van der Waals surface area contributed by atoms with Gasteiger partial charge in [-0.15, -0.1) is 0 Å². The van der Waals surface area contributed by atoms with Crippen molar-refractivity contribution in [2.24, 2.45) is 0 Å². The van der Waals surface area contributed by atoms with E-state index in [-0.39, 0.29) is 4.90 Å². The maximum atomic E-state index is 12.4. The van der Waals surface area contributed by atoms with Gasteiger partial charge in [0.2, 0.25) is 0 Å². The first-order chi connectivity index (χ1) is 13.0. The zero-order chi connectivity index (χ0) is 19.1. The van der Waals surface area contributed by atoms with Crippen molar-refractivity contribution < 1.29 is 8.42 Å². The number of hydrogen-bond donors (Lipinski definition) is 2. The number of rotatable bonds is 8. The molecule has 1 heterocycles. The van der Waals surface area contributed by atoms with Crippen molar-refractivity contribution in [1.82, 2.24) is 4.98 Å².